The standard InChI is InChI=1S/C14H18FNO2/c1-10-7-12(3-4-13(10)15)14(17)16-6-5-11(8-16)9-18-2/h3-4,7,11H,5-6,8-9H2,1-2H3. The molecule has 0 saturated carbocycles. The summed E-state index contributed by atoms with van der Waals surface area (Å²) in [5.74, 6) is 0.127. The SMILES string of the molecule is COCC1CCN(C(=O)c2ccc(F)c(C)c2)C1. The van der Waals surface area contributed by atoms with E-state index in [0.29, 0.717) is 23.7 Å². The van der Waals surface area contributed by atoms with Crippen LogP contribution in [-0.4, -0.2) is 37.6 Å². The maximum absolute atomic E-state index is 13.2. The Hall–Kier alpha value is -1.42. The fourth-order valence-corrected chi connectivity index (χ4v) is 2.35. The van der Waals surface area contributed by atoms with Crippen LogP contribution in [0.15, 0.2) is 18.2 Å². The van der Waals surface area contributed by atoms with E-state index in [1.54, 1.807) is 26.2 Å². The van der Waals surface area contributed by atoms with Crippen LogP contribution in [0.5, 0.6) is 0 Å². The van der Waals surface area contributed by atoms with Crippen LogP contribution >= 0.6 is 0 Å². The lowest BCUT2D eigenvalue weighted by Gasteiger charge is -2.16. The second-order valence-corrected chi connectivity index (χ2v) is 4.83. The zero-order valence-electron chi connectivity index (χ0n) is 10.8. The van der Waals surface area contributed by atoms with Gasteiger partial charge in [0.15, 0.2) is 0 Å². The molecule has 1 atom stereocenters. The Morgan fingerprint density at radius 1 is 1.56 bits per heavy atom. The molecular formula is C14H18FNO2. The number of aryl methyl sites for hydroxylation is 1. The molecule has 4 heteroatoms. The molecule has 0 radical (unpaired) electrons. The largest absolute Gasteiger partial charge is 0.384 e. The number of benzene rings is 1. The monoisotopic (exact) mass is 251 g/mol. The third-order valence-corrected chi connectivity index (χ3v) is 3.38. The van der Waals surface area contributed by atoms with Gasteiger partial charge in [-0.3, -0.25) is 4.79 Å². The summed E-state index contributed by atoms with van der Waals surface area (Å²) in [7, 11) is 1.67. The molecule has 0 aliphatic carbocycles. The van der Waals surface area contributed by atoms with Crippen LogP contribution < -0.4 is 0 Å². The second-order valence-electron chi connectivity index (χ2n) is 4.83. The number of likely N-dealkylation sites (tertiary alicyclic amines) is 1. The van der Waals surface area contributed by atoms with E-state index in [0.717, 1.165) is 19.5 Å². The zero-order valence-corrected chi connectivity index (χ0v) is 10.8. The second kappa shape index (κ2) is 5.48. The lowest BCUT2D eigenvalue weighted by atomic mass is 10.1. The van der Waals surface area contributed by atoms with Gasteiger partial charge in [-0.25, -0.2) is 4.39 Å². The molecule has 1 saturated heterocycles. The van der Waals surface area contributed by atoms with E-state index in [9.17, 15) is 9.18 Å². The van der Waals surface area contributed by atoms with Crippen LogP contribution in [0.3, 0.4) is 0 Å². The van der Waals surface area contributed by atoms with Gasteiger partial charge < -0.3 is 9.64 Å². The summed E-state index contributed by atoms with van der Waals surface area (Å²) in [6, 6.07) is 4.51. The Bertz CT molecular complexity index is 447. The van der Waals surface area contributed by atoms with E-state index in [1.165, 1.54) is 6.07 Å². The number of methoxy groups -OCH3 is 1. The maximum Gasteiger partial charge on any atom is 0.253 e. The highest BCUT2D eigenvalue weighted by Crippen LogP contribution is 2.19. The lowest BCUT2D eigenvalue weighted by Crippen LogP contribution is -2.29. The van der Waals surface area contributed by atoms with Gasteiger partial charge in [-0.15, -0.1) is 0 Å². The van der Waals surface area contributed by atoms with E-state index in [1.807, 2.05) is 4.90 Å². The molecule has 1 amide bonds. The lowest BCUT2D eigenvalue weighted by molar-refractivity contribution is 0.0775. The first-order chi connectivity index (χ1) is 8.61. The van der Waals surface area contributed by atoms with Gasteiger partial charge in [-0.2, -0.15) is 0 Å². The Balaban J connectivity index is 2.05. The van der Waals surface area contributed by atoms with Crippen LogP contribution in [0, 0.1) is 18.7 Å². The first-order valence-electron chi connectivity index (χ1n) is 6.16. The molecule has 1 aromatic carbocycles. The molecule has 0 spiro atoms. The molecule has 98 valence electrons. The van der Waals surface area contributed by atoms with Crippen LogP contribution in [0.25, 0.3) is 0 Å². The molecule has 1 fully saturated rings. The average Bonchev–Trinajstić information content (AvgIpc) is 2.81. The van der Waals surface area contributed by atoms with Crippen molar-refractivity contribution in [2.75, 3.05) is 26.8 Å². The number of nitrogens with zero attached hydrogens (tertiary/aromatic N) is 1. The smallest absolute Gasteiger partial charge is 0.253 e. The van der Waals surface area contributed by atoms with Crippen LogP contribution in [-0.2, 0) is 4.74 Å². The highest BCUT2D eigenvalue weighted by Gasteiger charge is 2.26. The fourth-order valence-electron chi connectivity index (χ4n) is 2.35. The summed E-state index contributed by atoms with van der Waals surface area (Å²) in [5.41, 5.74) is 1.07. The number of rotatable bonds is 3. The molecule has 2 rings (SSSR count). The van der Waals surface area contributed by atoms with Gasteiger partial charge in [-0.05, 0) is 37.1 Å². The number of ether oxygens (including phenoxy) is 1. The third-order valence-electron chi connectivity index (χ3n) is 3.38. The number of carbonyl (C=O) groups is 1. The van der Waals surface area contributed by atoms with Gasteiger partial charge in [0.05, 0.1) is 6.61 Å². The number of hydrogen-bond acceptors (Lipinski definition) is 2. The Kier molecular flexibility index (Phi) is 3.97. The van der Waals surface area contributed by atoms with Gasteiger partial charge in [0.25, 0.3) is 5.91 Å². The molecule has 1 aromatic rings. The topological polar surface area (TPSA) is 29.5 Å². The molecule has 3 nitrogen and oxygen atoms in total. The van der Waals surface area contributed by atoms with Crippen molar-refractivity contribution < 1.29 is 13.9 Å². The summed E-state index contributed by atoms with van der Waals surface area (Å²) >= 11 is 0. The molecule has 1 aliphatic rings. The van der Waals surface area contributed by atoms with Crippen LogP contribution in [0.1, 0.15) is 22.3 Å². The zero-order chi connectivity index (χ0) is 13.1. The first kappa shape index (κ1) is 13.0. The third kappa shape index (κ3) is 2.70. The number of halogens is 1. The van der Waals surface area contributed by atoms with E-state index in [2.05, 4.69) is 0 Å². The highest BCUT2D eigenvalue weighted by molar-refractivity contribution is 5.94. The molecular weight excluding hydrogens is 233 g/mol. The number of amides is 1. The summed E-state index contributed by atoms with van der Waals surface area (Å²) in [5, 5.41) is 0. The predicted octanol–water partition coefficient (Wildman–Crippen LogP) is 2.24. The minimum Gasteiger partial charge on any atom is -0.384 e. The van der Waals surface area contributed by atoms with Crippen molar-refractivity contribution in [1.82, 2.24) is 4.90 Å². The average molecular weight is 251 g/mol. The highest BCUT2D eigenvalue weighted by atomic mass is 19.1. The molecule has 18 heavy (non-hydrogen) atoms. The normalized spacial score (nSPS) is 19.3. The van der Waals surface area contributed by atoms with Crippen molar-refractivity contribution in [3.05, 3.63) is 35.1 Å². The van der Waals surface area contributed by atoms with Crippen molar-refractivity contribution >= 4 is 5.91 Å². The molecule has 0 N–H and O–H groups in total. The molecule has 0 aromatic heterocycles. The molecule has 0 bridgehead atoms. The van der Waals surface area contributed by atoms with Crippen molar-refractivity contribution in [1.29, 1.82) is 0 Å². The van der Waals surface area contributed by atoms with E-state index < -0.39 is 0 Å². The van der Waals surface area contributed by atoms with Crippen molar-refractivity contribution in [3.8, 4) is 0 Å². The molecule has 1 unspecified atom stereocenters. The molecule has 1 aliphatic heterocycles. The van der Waals surface area contributed by atoms with E-state index >= 15 is 0 Å². The Labute approximate surface area is 107 Å². The van der Waals surface area contributed by atoms with Gasteiger partial charge in [-0.1, -0.05) is 0 Å². The summed E-state index contributed by atoms with van der Waals surface area (Å²) in [6.07, 6.45) is 0.972. The number of carbonyl (C=O) groups excluding carboxylic acids is 1. The van der Waals surface area contributed by atoms with Crippen molar-refractivity contribution in [3.63, 3.8) is 0 Å². The van der Waals surface area contributed by atoms with Crippen LogP contribution in [0.2, 0.25) is 0 Å². The van der Waals surface area contributed by atoms with Crippen LogP contribution in [0.4, 0.5) is 4.39 Å². The Morgan fingerprint density at radius 3 is 3.00 bits per heavy atom. The van der Waals surface area contributed by atoms with Gasteiger partial charge >= 0.3 is 0 Å². The predicted molar refractivity (Wildman–Crippen MR) is 67.0 cm³/mol. The maximum atomic E-state index is 13.2. The number of hydrogen-bond donors (Lipinski definition) is 0. The van der Waals surface area contributed by atoms with Gasteiger partial charge in [0, 0.05) is 31.7 Å². The Morgan fingerprint density at radius 2 is 2.33 bits per heavy atom. The van der Waals surface area contributed by atoms with Gasteiger partial charge in [0.2, 0.25) is 0 Å². The fraction of sp³-hybridized carbons (Fsp3) is 0.500. The summed E-state index contributed by atoms with van der Waals surface area (Å²) in [6.45, 7) is 3.84. The minimum atomic E-state index is -0.273. The quantitative estimate of drug-likeness (QED) is 0.824. The van der Waals surface area contributed by atoms with Gasteiger partial charge in [0.1, 0.15) is 5.82 Å². The molecule has 1 heterocycles. The minimum absolute atomic E-state index is 0.0169. The van der Waals surface area contributed by atoms with Crippen molar-refractivity contribution in [2.24, 2.45) is 5.92 Å². The summed E-state index contributed by atoms with van der Waals surface area (Å²) < 4.78 is 18.3. The first-order valence-corrected chi connectivity index (χ1v) is 6.16. The van der Waals surface area contributed by atoms with Crippen molar-refractivity contribution in [2.45, 2.75) is 13.3 Å². The van der Waals surface area contributed by atoms with E-state index in [4.69, 9.17) is 4.74 Å². The van der Waals surface area contributed by atoms with E-state index in [-0.39, 0.29) is 11.7 Å². The summed E-state index contributed by atoms with van der Waals surface area (Å²) in [4.78, 5) is 14.0.